The van der Waals surface area contributed by atoms with Crippen LogP contribution in [0.4, 0.5) is 5.82 Å². The number of halogens is 1. The number of hydrogen-bond acceptors (Lipinski definition) is 4. The third-order valence-corrected chi connectivity index (χ3v) is 4.61. The van der Waals surface area contributed by atoms with Crippen LogP contribution in [0.15, 0.2) is 33.6 Å². The molecule has 0 aliphatic rings. The summed E-state index contributed by atoms with van der Waals surface area (Å²) < 4.78 is 1.10. The van der Waals surface area contributed by atoms with E-state index in [4.69, 9.17) is 0 Å². The molecule has 1 heterocycles. The molecule has 0 aliphatic carbocycles. The summed E-state index contributed by atoms with van der Waals surface area (Å²) >= 11 is 5.25. The van der Waals surface area contributed by atoms with Crippen LogP contribution in [0.25, 0.3) is 0 Å². The van der Waals surface area contributed by atoms with Crippen LogP contribution in [0.5, 0.6) is 0 Å². The third kappa shape index (κ3) is 4.45. The number of nitrogens with zero attached hydrogens (tertiary/aromatic N) is 2. The van der Waals surface area contributed by atoms with E-state index < -0.39 is 0 Å². The molecule has 0 atom stereocenters. The van der Waals surface area contributed by atoms with Crippen molar-refractivity contribution in [3.63, 3.8) is 0 Å². The van der Waals surface area contributed by atoms with Gasteiger partial charge in [-0.05, 0) is 38.5 Å². The highest BCUT2D eigenvalue weighted by Crippen LogP contribution is 2.26. The molecule has 1 aromatic carbocycles. The molecule has 21 heavy (non-hydrogen) atoms. The van der Waals surface area contributed by atoms with E-state index in [0.717, 1.165) is 40.5 Å². The Bertz CT molecular complexity index is 616. The molecular formula is C16H20BrN3S. The molecule has 0 radical (unpaired) electrons. The lowest BCUT2D eigenvalue weighted by Gasteiger charge is -2.12. The second kappa shape index (κ2) is 7.80. The first-order chi connectivity index (χ1) is 10.1. The van der Waals surface area contributed by atoms with E-state index in [9.17, 15) is 0 Å². The molecule has 0 amide bonds. The molecule has 0 aliphatic heterocycles. The number of benzene rings is 1. The predicted molar refractivity (Wildman–Crippen MR) is 94.0 cm³/mol. The predicted octanol–water partition coefficient (Wildman–Crippen LogP) is 4.83. The van der Waals surface area contributed by atoms with E-state index in [1.165, 1.54) is 10.5 Å². The zero-order valence-corrected chi connectivity index (χ0v) is 15.0. The van der Waals surface area contributed by atoms with Crippen LogP contribution in [0.1, 0.15) is 30.9 Å². The van der Waals surface area contributed by atoms with Crippen LogP contribution in [0.3, 0.4) is 0 Å². The van der Waals surface area contributed by atoms with E-state index in [2.05, 4.69) is 64.1 Å². The van der Waals surface area contributed by atoms with Crippen LogP contribution in [-0.4, -0.2) is 16.5 Å². The first-order valence-electron chi connectivity index (χ1n) is 7.12. The SMILES string of the molecule is CCNc1nc(CSc2cccc(Br)c2)nc(C)c1CC. The van der Waals surface area contributed by atoms with Gasteiger partial charge in [-0.25, -0.2) is 9.97 Å². The fraction of sp³-hybridized carbons (Fsp3) is 0.375. The summed E-state index contributed by atoms with van der Waals surface area (Å²) in [6.45, 7) is 7.17. The standard InChI is InChI=1S/C16H20BrN3S/c1-4-14-11(3)19-15(20-16(14)18-5-2)10-21-13-8-6-7-12(17)9-13/h6-9H,4-5,10H2,1-3H3,(H,18,19,20). The summed E-state index contributed by atoms with van der Waals surface area (Å²) in [4.78, 5) is 10.5. The zero-order chi connectivity index (χ0) is 15.2. The number of hydrogen-bond donors (Lipinski definition) is 1. The van der Waals surface area contributed by atoms with Crippen molar-refractivity contribution < 1.29 is 0 Å². The lowest BCUT2D eigenvalue weighted by Crippen LogP contribution is -2.09. The van der Waals surface area contributed by atoms with Crippen molar-refractivity contribution in [1.29, 1.82) is 0 Å². The van der Waals surface area contributed by atoms with Crippen molar-refractivity contribution in [1.82, 2.24) is 9.97 Å². The van der Waals surface area contributed by atoms with Gasteiger partial charge in [0.25, 0.3) is 0 Å². The zero-order valence-electron chi connectivity index (χ0n) is 12.6. The van der Waals surface area contributed by atoms with Gasteiger partial charge in [-0.3, -0.25) is 0 Å². The van der Waals surface area contributed by atoms with Crippen molar-refractivity contribution in [2.45, 2.75) is 37.8 Å². The average molecular weight is 366 g/mol. The fourth-order valence-electron chi connectivity index (χ4n) is 2.16. The molecule has 1 aromatic heterocycles. The molecule has 0 saturated carbocycles. The Kier molecular flexibility index (Phi) is 6.06. The van der Waals surface area contributed by atoms with Crippen LogP contribution in [0, 0.1) is 6.92 Å². The van der Waals surface area contributed by atoms with E-state index in [1.54, 1.807) is 11.8 Å². The molecular weight excluding hydrogens is 346 g/mol. The van der Waals surface area contributed by atoms with Gasteiger partial charge in [0, 0.05) is 27.2 Å². The van der Waals surface area contributed by atoms with Gasteiger partial charge in [0.1, 0.15) is 11.6 Å². The Hall–Kier alpha value is -1.07. The molecule has 3 nitrogen and oxygen atoms in total. The average Bonchev–Trinajstić information content (AvgIpc) is 2.45. The molecule has 1 N–H and O–H groups in total. The molecule has 2 aromatic rings. The number of thioether (sulfide) groups is 1. The first kappa shape index (κ1) is 16.3. The van der Waals surface area contributed by atoms with Gasteiger partial charge in [-0.1, -0.05) is 28.9 Å². The Balaban J connectivity index is 2.16. The maximum Gasteiger partial charge on any atom is 0.141 e. The maximum atomic E-state index is 4.68. The maximum absolute atomic E-state index is 4.68. The van der Waals surface area contributed by atoms with Crippen LogP contribution >= 0.6 is 27.7 Å². The Labute approximate surface area is 139 Å². The van der Waals surface area contributed by atoms with Gasteiger partial charge < -0.3 is 5.32 Å². The van der Waals surface area contributed by atoms with Crippen molar-refractivity contribution in [3.8, 4) is 0 Å². The van der Waals surface area contributed by atoms with Gasteiger partial charge in [-0.2, -0.15) is 0 Å². The Morgan fingerprint density at radius 1 is 1.24 bits per heavy atom. The van der Waals surface area contributed by atoms with Crippen LogP contribution in [-0.2, 0) is 12.2 Å². The molecule has 5 heteroatoms. The minimum atomic E-state index is 0.777. The summed E-state index contributed by atoms with van der Waals surface area (Å²) in [6, 6.07) is 8.30. The minimum absolute atomic E-state index is 0.777. The van der Waals surface area contributed by atoms with E-state index >= 15 is 0 Å². The minimum Gasteiger partial charge on any atom is -0.370 e. The topological polar surface area (TPSA) is 37.8 Å². The highest BCUT2D eigenvalue weighted by molar-refractivity contribution is 9.10. The molecule has 0 fully saturated rings. The van der Waals surface area contributed by atoms with Crippen molar-refractivity contribution in [2.24, 2.45) is 0 Å². The molecule has 0 spiro atoms. The van der Waals surface area contributed by atoms with Gasteiger partial charge in [0.15, 0.2) is 0 Å². The summed E-state index contributed by atoms with van der Waals surface area (Å²) in [7, 11) is 0. The third-order valence-electron chi connectivity index (χ3n) is 3.12. The number of anilines is 1. The quantitative estimate of drug-likeness (QED) is 0.743. The number of nitrogens with one attached hydrogen (secondary N) is 1. The van der Waals surface area contributed by atoms with Gasteiger partial charge in [0.05, 0.1) is 5.75 Å². The van der Waals surface area contributed by atoms with Gasteiger partial charge >= 0.3 is 0 Å². The largest absolute Gasteiger partial charge is 0.370 e. The van der Waals surface area contributed by atoms with Crippen molar-refractivity contribution in [3.05, 3.63) is 45.8 Å². The highest BCUT2D eigenvalue weighted by Gasteiger charge is 2.10. The number of rotatable bonds is 6. The molecule has 0 bridgehead atoms. The Morgan fingerprint density at radius 3 is 2.71 bits per heavy atom. The monoisotopic (exact) mass is 365 g/mol. The Morgan fingerprint density at radius 2 is 2.05 bits per heavy atom. The van der Waals surface area contributed by atoms with Crippen molar-refractivity contribution >= 4 is 33.5 Å². The summed E-state index contributed by atoms with van der Waals surface area (Å²) in [6.07, 6.45) is 0.952. The fourth-order valence-corrected chi connectivity index (χ4v) is 3.52. The van der Waals surface area contributed by atoms with Crippen molar-refractivity contribution in [2.75, 3.05) is 11.9 Å². The first-order valence-corrected chi connectivity index (χ1v) is 8.90. The second-order valence-corrected chi connectivity index (χ2v) is 6.65. The smallest absolute Gasteiger partial charge is 0.141 e. The van der Waals surface area contributed by atoms with Gasteiger partial charge in [0.2, 0.25) is 0 Å². The second-order valence-electron chi connectivity index (χ2n) is 4.68. The lowest BCUT2D eigenvalue weighted by atomic mass is 10.1. The van der Waals surface area contributed by atoms with Crippen LogP contribution < -0.4 is 5.32 Å². The summed E-state index contributed by atoms with van der Waals surface area (Å²) in [5, 5.41) is 3.35. The van der Waals surface area contributed by atoms with E-state index in [1.807, 2.05) is 12.1 Å². The van der Waals surface area contributed by atoms with Gasteiger partial charge in [-0.15, -0.1) is 11.8 Å². The summed E-state index contributed by atoms with van der Waals surface area (Å²) in [5.74, 6) is 2.64. The number of aryl methyl sites for hydroxylation is 1. The molecule has 2 rings (SSSR count). The normalized spacial score (nSPS) is 10.7. The van der Waals surface area contributed by atoms with E-state index in [-0.39, 0.29) is 0 Å². The highest BCUT2D eigenvalue weighted by atomic mass is 79.9. The van der Waals surface area contributed by atoms with Crippen LogP contribution in [0.2, 0.25) is 0 Å². The molecule has 0 saturated heterocycles. The van der Waals surface area contributed by atoms with E-state index in [0.29, 0.717) is 0 Å². The molecule has 112 valence electrons. The summed E-state index contributed by atoms with van der Waals surface area (Å²) in [5.41, 5.74) is 2.29. The molecule has 0 unspecified atom stereocenters. The lowest BCUT2D eigenvalue weighted by molar-refractivity contribution is 0.932. The number of aromatic nitrogens is 2.